The summed E-state index contributed by atoms with van der Waals surface area (Å²) in [5, 5.41) is 28.5. The minimum atomic E-state index is -0.600. The summed E-state index contributed by atoms with van der Waals surface area (Å²) in [5.74, 6) is 1.43. The largest absolute Gasteiger partial charge is 0.390 e. The number of rotatable bonds is 11. The van der Waals surface area contributed by atoms with Gasteiger partial charge in [-0.1, -0.05) is 6.42 Å². The molecule has 0 spiro atoms. The summed E-state index contributed by atoms with van der Waals surface area (Å²) in [4.78, 5) is 32.0. The number of nitrogens with zero attached hydrogens (tertiary/aromatic N) is 3. The Morgan fingerprint density at radius 3 is 2.53 bits per heavy atom. The minimum Gasteiger partial charge on any atom is -0.390 e. The van der Waals surface area contributed by atoms with Crippen LogP contribution in [0.25, 0.3) is 0 Å². The quantitative estimate of drug-likeness (QED) is 0.177. The lowest BCUT2D eigenvalue weighted by molar-refractivity contribution is -0.130. The van der Waals surface area contributed by atoms with Crippen molar-refractivity contribution in [3.8, 4) is 0 Å². The second-order valence-corrected chi connectivity index (χ2v) is 15.2. The van der Waals surface area contributed by atoms with Crippen LogP contribution in [0.4, 0.5) is 0 Å². The molecule has 9 atom stereocenters. The van der Waals surface area contributed by atoms with Gasteiger partial charge in [0, 0.05) is 71.2 Å². The van der Waals surface area contributed by atoms with Crippen LogP contribution >= 0.6 is 0 Å². The molecule has 6 rings (SSSR count). The number of β-amino-alcohol motifs (C(OH)–C–C–N with tert-alkyl or cyclic N) is 1. The van der Waals surface area contributed by atoms with E-state index < -0.39 is 6.10 Å². The molecule has 47 heavy (non-hydrogen) atoms. The van der Waals surface area contributed by atoms with Crippen LogP contribution in [0.2, 0.25) is 0 Å². The number of aliphatic hydroxyl groups is 1. The molecule has 5 saturated heterocycles. The van der Waals surface area contributed by atoms with Gasteiger partial charge in [-0.05, 0) is 76.7 Å². The molecule has 0 radical (unpaired) electrons. The SMILES string of the molecule is CC(=O)N1CCC(NC2CC(C(=O)NC[C@H](O)CN3CCC4CC(OCC5OCNC5C)CCC4C3)NC(N3CCCCC3)N2)CC1. The first-order valence-electron chi connectivity index (χ1n) is 18.7. The van der Waals surface area contributed by atoms with E-state index in [1.165, 1.54) is 25.7 Å². The third-order valence-corrected chi connectivity index (χ3v) is 11.8. The number of amides is 2. The molecule has 1 saturated carbocycles. The maximum Gasteiger partial charge on any atom is 0.237 e. The zero-order valence-electron chi connectivity index (χ0n) is 28.8. The van der Waals surface area contributed by atoms with E-state index in [4.69, 9.17) is 9.47 Å². The van der Waals surface area contributed by atoms with Crippen LogP contribution in [-0.4, -0.2) is 146 Å². The Kier molecular flexibility index (Phi) is 12.8. The lowest BCUT2D eigenvalue weighted by Gasteiger charge is -2.45. The fourth-order valence-corrected chi connectivity index (χ4v) is 8.79. The van der Waals surface area contributed by atoms with Gasteiger partial charge in [0.25, 0.3) is 0 Å². The summed E-state index contributed by atoms with van der Waals surface area (Å²) in [6.07, 6.45) is 10.4. The number of aliphatic hydroxyl groups excluding tert-OH is 1. The van der Waals surface area contributed by atoms with Crippen LogP contribution in [-0.2, 0) is 19.1 Å². The molecule has 5 heterocycles. The van der Waals surface area contributed by atoms with E-state index in [1.807, 2.05) is 4.90 Å². The van der Waals surface area contributed by atoms with Crippen LogP contribution in [0.5, 0.6) is 0 Å². The van der Waals surface area contributed by atoms with Gasteiger partial charge in [0.05, 0.1) is 43.9 Å². The number of carbonyl (C=O) groups excluding carboxylic acids is 2. The molecule has 0 aromatic carbocycles. The van der Waals surface area contributed by atoms with Gasteiger partial charge in [-0.2, -0.15) is 0 Å². The minimum absolute atomic E-state index is 0.00359. The molecule has 0 bridgehead atoms. The van der Waals surface area contributed by atoms with Crippen molar-refractivity contribution in [3.05, 3.63) is 0 Å². The van der Waals surface area contributed by atoms with Gasteiger partial charge < -0.3 is 29.7 Å². The number of piperidine rings is 3. The summed E-state index contributed by atoms with van der Waals surface area (Å²) < 4.78 is 12.0. The van der Waals surface area contributed by atoms with Gasteiger partial charge >= 0.3 is 0 Å². The molecule has 5 aliphatic heterocycles. The summed E-state index contributed by atoms with van der Waals surface area (Å²) >= 11 is 0. The molecule has 1 aliphatic carbocycles. The van der Waals surface area contributed by atoms with E-state index in [9.17, 15) is 14.7 Å². The summed E-state index contributed by atoms with van der Waals surface area (Å²) in [6.45, 7) is 11.5. The van der Waals surface area contributed by atoms with Crippen molar-refractivity contribution >= 4 is 11.8 Å². The van der Waals surface area contributed by atoms with Crippen molar-refractivity contribution in [2.45, 2.75) is 127 Å². The predicted molar refractivity (Wildman–Crippen MR) is 179 cm³/mol. The molecule has 13 nitrogen and oxygen atoms in total. The molecule has 268 valence electrons. The van der Waals surface area contributed by atoms with Crippen molar-refractivity contribution in [1.29, 1.82) is 0 Å². The van der Waals surface area contributed by atoms with Gasteiger partial charge in [-0.3, -0.25) is 35.8 Å². The predicted octanol–water partition coefficient (Wildman–Crippen LogP) is -0.0473. The molecular weight excluding hydrogens is 600 g/mol. The topological polar surface area (TPSA) is 143 Å². The number of ether oxygens (including phenoxy) is 2. The second-order valence-electron chi connectivity index (χ2n) is 15.2. The van der Waals surface area contributed by atoms with E-state index >= 15 is 0 Å². The lowest BCUT2D eigenvalue weighted by atomic mass is 9.74. The lowest BCUT2D eigenvalue weighted by Crippen LogP contribution is -2.71. The van der Waals surface area contributed by atoms with Crippen LogP contribution in [0.15, 0.2) is 0 Å². The van der Waals surface area contributed by atoms with Crippen LogP contribution in [0, 0.1) is 11.8 Å². The number of fused-ring (bicyclic) bond motifs is 1. The van der Waals surface area contributed by atoms with Crippen molar-refractivity contribution in [2.75, 3.05) is 65.7 Å². The first kappa shape index (κ1) is 35.4. The zero-order valence-corrected chi connectivity index (χ0v) is 28.8. The first-order chi connectivity index (χ1) is 22.8. The highest BCUT2D eigenvalue weighted by atomic mass is 16.5. The number of hydrogen-bond donors (Lipinski definition) is 6. The molecule has 2 amide bonds. The number of nitrogens with one attached hydrogen (secondary N) is 5. The Balaban J connectivity index is 0.930. The molecule has 6 aliphatic rings. The fourth-order valence-electron chi connectivity index (χ4n) is 8.79. The maximum atomic E-state index is 13.5. The molecule has 6 N–H and O–H groups in total. The Hall–Kier alpha value is -1.42. The van der Waals surface area contributed by atoms with Crippen molar-refractivity contribution in [3.63, 3.8) is 0 Å². The first-order valence-corrected chi connectivity index (χ1v) is 18.7. The fraction of sp³-hybridized carbons (Fsp3) is 0.941. The van der Waals surface area contributed by atoms with Crippen molar-refractivity contribution in [1.82, 2.24) is 41.3 Å². The molecule has 6 fully saturated rings. The van der Waals surface area contributed by atoms with Gasteiger partial charge in [0.15, 0.2) is 0 Å². The molecule has 0 aromatic rings. The normalized spacial score (nSPS) is 37.0. The molecular formula is C34H62N8O5. The monoisotopic (exact) mass is 662 g/mol. The van der Waals surface area contributed by atoms with Crippen molar-refractivity contribution in [2.24, 2.45) is 11.8 Å². The highest BCUT2D eigenvalue weighted by Crippen LogP contribution is 2.37. The Morgan fingerprint density at radius 2 is 1.79 bits per heavy atom. The van der Waals surface area contributed by atoms with E-state index in [0.717, 1.165) is 71.4 Å². The third-order valence-electron chi connectivity index (χ3n) is 11.8. The smallest absolute Gasteiger partial charge is 0.237 e. The zero-order chi connectivity index (χ0) is 32.8. The van der Waals surface area contributed by atoms with Crippen LogP contribution in [0.3, 0.4) is 0 Å². The van der Waals surface area contributed by atoms with Crippen LogP contribution in [0.1, 0.15) is 78.1 Å². The number of likely N-dealkylation sites (tertiary alicyclic amines) is 3. The average molecular weight is 663 g/mol. The average Bonchev–Trinajstić information content (AvgIpc) is 3.50. The number of carbonyl (C=O) groups is 2. The maximum absolute atomic E-state index is 13.5. The van der Waals surface area contributed by atoms with Gasteiger partial charge in [0.1, 0.15) is 6.29 Å². The van der Waals surface area contributed by atoms with E-state index in [2.05, 4.69) is 43.3 Å². The third kappa shape index (κ3) is 9.85. The highest BCUT2D eigenvalue weighted by Gasteiger charge is 2.38. The summed E-state index contributed by atoms with van der Waals surface area (Å²) in [5.41, 5.74) is 0. The Labute approximate surface area is 281 Å². The van der Waals surface area contributed by atoms with Gasteiger partial charge in [-0.15, -0.1) is 0 Å². The van der Waals surface area contributed by atoms with Gasteiger partial charge in [0.2, 0.25) is 11.8 Å². The molecule has 8 unspecified atom stereocenters. The Bertz CT molecular complexity index is 1010. The second kappa shape index (κ2) is 17.0. The number of hydrogen-bond acceptors (Lipinski definition) is 11. The molecule has 0 aromatic heterocycles. The van der Waals surface area contributed by atoms with E-state index in [0.29, 0.717) is 56.3 Å². The highest BCUT2D eigenvalue weighted by molar-refractivity contribution is 5.82. The summed E-state index contributed by atoms with van der Waals surface area (Å²) in [7, 11) is 0. The summed E-state index contributed by atoms with van der Waals surface area (Å²) in [6, 6.07) is 0.312. The Morgan fingerprint density at radius 1 is 0.979 bits per heavy atom. The standard InChI is InChI=1S/C34H62N8O5/c1-23-31(47-22-36-23)21-46-29-7-6-26-19-40(13-8-25(26)16-29)20-28(44)18-35-33(45)30-17-32(37-27-9-14-41(15-10-27)24(2)43)39-34(38-30)42-11-4-3-5-12-42/h23,25-32,34,36-39,44H,3-22H2,1-2H3,(H,35,45)/t23?,25?,26?,28-,29?,30?,31?,32?,34?/m0/s1. The van der Waals surface area contributed by atoms with E-state index in [-0.39, 0.29) is 43.0 Å². The van der Waals surface area contributed by atoms with Crippen molar-refractivity contribution < 1.29 is 24.2 Å². The van der Waals surface area contributed by atoms with Crippen LogP contribution < -0.4 is 26.6 Å². The molecule has 13 heteroatoms. The van der Waals surface area contributed by atoms with Gasteiger partial charge in [-0.25, -0.2) is 0 Å². The van der Waals surface area contributed by atoms with E-state index in [1.54, 1.807) is 6.92 Å².